The SMILES string of the molecule is Cc1nnc2n1-c1cnc(Cl)nc1N(C(C)C)C2CC(F)(F)F. The van der Waals surface area contributed by atoms with Crippen LogP contribution in [-0.2, 0) is 0 Å². The molecule has 0 N–H and O–H groups in total. The lowest BCUT2D eigenvalue weighted by atomic mass is 10.1. The maximum Gasteiger partial charge on any atom is 0.391 e. The molecule has 0 amide bonds. The number of anilines is 1. The quantitative estimate of drug-likeness (QED) is 0.781. The Hall–Kier alpha value is -1.90. The van der Waals surface area contributed by atoms with Crippen LogP contribution in [0.3, 0.4) is 0 Å². The Morgan fingerprint density at radius 1 is 1.30 bits per heavy atom. The lowest BCUT2D eigenvalue weighted by Gasteiger charge is -2.40. The third-order valence-electron chi connectivity index (χ3n) is 3.67. The second-order valence-electron chi connectivity index (χ2n) is 5.62. The van der Waals surface area contributed by atoms with Gasteiger partial charge in [0, 0.05) is 6.04 Å². The van der Waals surface area contributed by atoms with Crippen LogP contribution in [0.5, 0.6) is 0 Å². The third kappa shape index (κ3) is 2.73. The molecule has 0 saturated heterocycles. The van der Waals surface area contributed by atoms with Crippen LogP contribution in [0.15, 0.2) is 6.20 Å². The van der Waals surface area contributed by atoms with E-state index < -0.39 is 18.6 Å². The molecular weight excluding hydrogens is 333 g/mol. The Morgan fingerprint density at radius 3 is 2.61 bits per heavy atom. The summed E-state index contributed by atoms with van der Waals surface area (Å²) in [5, 5.41) is 7.86. The molecule has 0 saturated carbocycles. The van der Waals surface area contributed by atoms with Crippen LogP contribution < -0.4 is 4.90 Å². The summed E-state index contributed by atoms with van der Waals surface area (Å²) in [5.74, 6) is 1.05. The van der Waals surface area contributed by atoms with Gasteiger partial charge < -0.3 is 4.90 Å². The standard InChI is InChI=1S/C13H14ClF3N6/c1-6(2)22-8(4-13(15,16)17)11-21-20-7(3)23(11)9-5-18-12(14)19-10(9)22/h5-6,8H,4H2,1-3H3. The zero-order chi connectivity index (χ0) is 16.9. The number of hydrogen-bond donors (Lipinski definition) is 0. The van der Waals surface area contributed by atoms with Gasteiger partial charge in [-0.2, -0.15) is 18.2 Å². The lowest BCUT2D eigenvalue weighted by Crippen LogP contribution is -2.42. The van der Waals surface area contributed by atoms with Crippen LogP contribution in [0.4, 0.5) is 19.0 Å². The van der Waals surface area contributed by atoms with E-state index in [9.17, 15) is 13.2 Å². The molecule has 3 rings (SSSR count). The van der Waals surface area contributed by atoms with Crippen molar-refractivity contribution in [1.82, 2.24) is 24.7 Å². The van der Waals surface area contributed by atoms with Gasteiger partial charge in [-0.05, 0) is 32.4 Å². The molecule has 1 unspecified atom stereocenters. The van der Waals surface area contributed by atoms with E-state index in [2.05, 4.69) is 20.2 Å². The fourth-order valence-electron chi connectivity index (χ4n) is 2.87. The molecule has 0 aromatic carbocycles. The van der Waals surface area contributed by atoms with Gasteiger partial charge in [0.2, 0.25) is 5.28 Å². The van der Waals surface area contributed by atoms with Gasteiger partial charge >= 0.3 is 6.18 Å². The molecule has 10 heteroatoms. The summed E-state index contributed by atoms with van der Waals surface area (Å²) in [6.07, 6.45) is -3.93. The summed E-state index contributed by atoms with van der Waals surface area (Å²) < 4.78 is 40.8. The third-order valence-corrected chi connectivity index (χ3v) is 3.85. The van der Waals surface area contributed by atoms with Crippen LogP contribution in [0, 0.1) is 6.92 Å². The van der Waals surface area contributed by atoms with E-state index >= 15 is 0 Å². The van der Waals surface area contributed by atoms with E-state index in [-0.39, 0.29) is 17.1 Å². The largest absolute Gasteiger partial charge is 0.391 e. The predicted octanol–water partition coefficient (Wildman–Crippen LogP) is 3.24. The van der Waals surface area contributed by atoms with Crippen molar-refractivity contribution in [3.8, 4) is 5.69 Å². The van der Waals surface area contributed by atoms with E-state index in [4.69, 9.17) is 11.6 Å². The fourth-order valence-corrected chi connectivity index (χ4v) is 3.00. The normalized spacial score (nSPS) is 17.4. The summed E-state index contributed by atoms with van der Waals surface area (Å²) in [5.41, 5.74) is 0.527. The minimum absolute atomic E-state index is 0.0191. The number of aryl methyl sites for hydroxylation is 1. The first-order valence-corrected chi connectivity index (χ1v) is 7.36. The van der Waals surface area contributed by atoms with Crippen molar-refractivity contribution in [3.05, 3.63) is 23.1 Å². The predicted molar refractivity (Wildman–Crippen MR) is 77.7 cm³/mol. The molecule has 1 aliphatic heterocycles. The second kappa shape index (κ2) is 5.33. The van der Waals surface area contributed by atoms with Crippen molar-refractivity contribution in [2.45, 2.75) is 45.5 Å². The topological polar surface area (TPSA) is 59.7 Å². The van der Waals surface area contributed by atoms with Gasteiger partial charge in [-0.3, -0.25) is 4.57 Å². The van der Waals surface area contributed by atoms with Crippen molar-refractivity contribution in [2.75, 3.05) is 4.90 Å². The zero-order valence-electron chi connectivity index (χ0n) is 12.6. The number of aromatic nitrogens is 5. The Labute approximate surface area is 135 Å². The molecule has 0 spiro atoms. The molecule has 0 aliphatic carbocycles. The molecule has 3 heterocycles. The molecule has 2 aromatic rings. The molecule has 6 nitrogen and oxygen atoms in total. The van der Waals surface area contributed by atoms with Crippen molar-refractivity contribution >= 4 is 17.4 Å². The summed E-state index contributed by atoms with van der Waals surface area (Å²) in [7, 11) is 0. The van der Waals surface area contributed by atoms with E-state index in [0.29, 0.717) is 17.3 Å². The maximum atomic E-state index is 13.1. The number of fused-ring (bicyclic) bond motifs is 3. The Morgan fingerprint density at radius 2 is 2.00 bits per heavy atom. The molecule has 124 valence electrons. The minimum atomic E-state index is -4.35. The van der Waals surface area contributed by atoms with Crippen LogP contribution >= 0.6 is 11.6 Å². The van der Waals surface area contributed by atoms with E-state index in [0.717, 1.165) is 0 Å². The molecule has 0 radical (unpaired) electrons. The molecule has 1 aliphatic rings. The molecule has 1 atom stereocenters. The fraction of sp³-hybridized carbons (Fsp3) is 0.538. The van der Waals surface area contributed by atoms with Crippen molar-refractivity contribution in [1.29, 1.82) is 0 Å². The average molecular weight is 347 g/mol. The highest BCUT2D eigenvalue weighted by molar-refractivity contribution is 6.28. The van der Waals surface area contributed by atoms with Crippen molar-refractivity contribution in [2.24, 2.45) is 0 Å². The van der Waals surface area contributed by atoms with Gasteiger partial charge in [0.25, 0.3) is 0 Å². The molecule has 23 heavy (non-hydrogen) atoms. The monoisotopic (exact) mass is 346 g/mol. The number of hydrogen-bond acceptors (Lipinski definition) is 5. The van der Waals surface area contributed by atoms with E-state index in [1.807, 2.05) is 0 Å². The first-order chi connectivity index (χ1) is 10.7. The highest BCUT2D eigenvalue weighted by Gasteiger charge is 2.43. The minimum Gasteiger partial charge on any atom is -0.342 e. The smallest absolute Gasteiger partial charge is 0.342 e. The van der Waals surface area contributed by atoms with Gasteiger partial charge in [0.1, 0.15) is 11.5 Å². The van der Waals surface area contributed by atoms with Gasteiger partial charge in [-0.15, -0.1) is 10.2 Å². The van der Waals surface area contributed by atoms with E-state index in [1.54, 1.807) is 30.2 Å². The summed E-state index contributed by atoms with van der Waals surface area (Å²) >= 11 is 5.86. The number of halogens is 4. The average Bonchev–Trinajstić information content (AvgIpc) is 2.79. The lowest BCUT2D eigenvalue weighted by molar-refractivity contribution is -0.139. The van der Waals surface area contributed by atoms with Crippen LogP contribution in [0.1, 0.15) is 38.0 Å². The Bertz CT molecular complexity index is 742. The summed E-state index contributed by atoms with van der Waals surface area (Å²) in [6.45, 7) is 5.26. The number of alkyl halides is 3. The Balaban J connectivity index is 2.24. The van der Waals surface area contributed by atoms with Crippen LogP contribution in [-0.4, -0.2) is 37.0 Å². The van der Waals surface area contributed by atoms with E-state index in [1.165, 1.54) is 6.20 Å². The zero-order valence-corrected chi connectivity index (χ0v) is 13.4. The number of nitrogens with zero attached hydrogens (tertiary/aromatic N) is 6. The van der Waals surface area contributed by atoms with Gasteiger partial charge in [0.15, 0.2) is 11.6 Å². The second-order valence-corrected chi connectivity index (χ2v) is 5.96. The van der Waals surface area contributed by atoms with Crippen LogP contribution in [0.2, 0.25) is 5.28 Å². The van der Waals surface area contributed by atoms with Gasteiger partial charge in [0.05, 0.1) is 18.7 Å². The molecular formula is C13H14ClF3N6. The Kier molecular flexibility index (Phi) is 3.70. The van der Waals surface area contributed by atoms with Gasteiger partial charge in [-0.1, -0.05) is 0 Å². The highest BCUT2D eigenvalue weighted by atomic mass is 35.5. The summed E-state index contributed by atoms with van der Waals surface area (Å²) in [6, 6.07) is -1.26. The van der Waals surface area contributed by atoms with Crippen molar-refractivity contribution < 1.29 is 13.2 Å². The van der Waals surface area contributed by atoms with Crippen LogP contribution in [0.25, 0.3) is 5.69 Å². The maximum absolute atomic E-state index is 13.1. The molecule has 0 fully saturated rings. The highest BCUT2D eigenvalue weighted by Crippen LogP contribution is 2.43. The molecule has 2 aromatic heterocycles. The summed E-state index contributed by atoms with van der Waals surface area (Å²) in [4.78, 5) is 9.66. The number of rotatable bonds is 2. The van der Waals surface area contributed by atoms with Gasteiger partial charge in [-0.25, -0.2) is 4.98 Å². The molecule has 0 bridgehead atoms. The first-order valence-electron chi connectivity index (χ1n) is 6.99. The first kappa shape index (κ1) is 16.0. The van der Waals surface area contributed by atoms with Crippen molar-refractivity contribution in [3.63, 3.8) is 0 Å².